The number of carbonyl (C=O) groups is 2. The molecule has 0 aromatic carbocycles. The summed E-state index contributed by atoms with van der Waals surface area (Å²) in [5.74, 6) is -1.44. The van der Waals surface area contributed by atoms with Crippen molar-refractivity contribution < 1.29 is 33.3 Å². The van der Waals surface area contributed by atoms with Gasteiger partial charge in [0.25, 0.3) is 0 Å². The Balaban J connectivity index is 1.78. The molecule has 2 atom stereocenters. The summed E-state index contributed by atoms with van der Waals surface area (Å²) in [5, 5.41) is 0. The molecule has 0 aromatic rings. The van der Waals surface area contributed by atoms with E-state index in [0.29, 0.717) is 52.5 Å². The molecule has 0 radical (unpaired) electrons. The predicted molar refractivity (Wildman–Crippen MR) is 70.6 cm³/mol. The lowest BCUT2D eigenvalue weighted by Crippen LogP contribution is -2.40. The van der Waals surface area contributed by atoms with Crippen molar-refractivity contribution in [3.05, 3.63) is 0 Å². The summed E-state index contributed by atoms with van der Waals surface area (Å²) >= 11 is 0. The van der Waals surface area contributed by atoms with Crippen molar-refractivity contribution in [2.45, 2.75) is 12.8 Å². The van der Waals surface area contributed by atoms with E-state index in [-0.39, 0.29) is 37.0 Å². The minimum atomic E-state index is -0.377. The van der Waals surface area contributed by atoms with Gasteiger partial charge in [-0.05, 0) is 12.8 Å². The molecule has 0 spiro atoms. The molecule has 0 aromatic heterocycles. The van der Waals surface area contributed by atoms with E-state index in [2.05, 4.69) is 0 Å². The number of hydrogen-bond acceptors (Lipinski definition) is 7. The zero-order valence-corrected chi connectivity index (χ0v) is 12.1. The van der Waals surface area contributed by atoms with Crippen molar-refractivity contribution in [2.24, 2.45) is 11.8 Å². The van der Waals surface area contributed by atoms with Crippen molar-refractivity contribution in [3.63, 3.8) is 0 Å². The highest BCUT2D eigenvalue weighted by molar-refractivity contribution is 5.83. The van der Waals surface area contributed by atoms with E-state index in [4.69, 9.17) is 23.7 Å². The number of hydrogen-bond donors (Lipinski definition) is 0. The molecule has 1 aliphatic carbocycles. The van der Waals surface area contributed by atoms with Crippen LogP contribution in [0.2, 0.25) is 0 Å². The number of cyclic esters (lactones) is 2. The molecule has 0 amide bonds. The zero-order valence-electron chi connectivity index (χ0n) is 12.1. The highest BCUT2D eigenvalue weighted by Crippen LogP contribution is 2.36. The van der Waals surface area contributed by atoms with E-state index in [1.54, 1.807) is 0 Å². The van der Waals surface area contributed by atoms with E-state index in [1.165, 1.54) is 0 Å². The minimum Gasteiger partial charge on any atom is -0.463 e. The third kappa shape index (κ3) is 5.26. The molecular weight excluding hydrogens is 280 g/mol. The van der Waals surface area contributed by atoms with Crippen LogP contribution in [-0.2, 0) is 33.3 Å². The van der Waals surface area contributed by atoms with Crippen LogP contribution in [0.3, 0.4) is 0 Å². The first kappa shape index (κ1) is 16.2. The van der Waals surface area contributed by atoms with Gasteiger partial charge in [-0.3, -0.25) is 9.59 Å². The van der Waals surface area contributed by atoms with Crippen LogP contribution in [-0.4, -0.2) is 64.8 Å². The summed E-state index contributed by atoms with van der Waals surface area (Å²) in [5.41, 5.74) is 0. The van der Waals surface area contributed by atoms with E-state index in [0.717, 1.165) is 0 Å². The van der Waals surface area contributed by atoms with E-state index in [9.17, 15) is 9.59 Å². The predicted octanol–water partition coefficient (Wildman–Crippen LogP) is 0.162. The third-order valence-corrected chi connectivity index (χ3v) is 3.57. The molecule has 0 bridgehead atoms. The van der Waals surface area contributed by atoms with Gasteiger partial charge in [0.1, 0.15) is 13.2 Å². The van der Waals surface area contributed by atoms with Gasteiger partial charge in [0.15, 0.2) is 0 Å². The van der Waals surface area contributed by atoms with Gasteiger partial charge in [-0.25, -0.2) is 0 Å². The molecule has 21 heavy (non-hydrogen) atoms. The van der Waals surface area contributed by atoms with E-state index >= 15 is 0 Å². The average Bonchev–Trinajstić information content (AvgIpc) is 2.41. The third-order valence-electron chi connectivity index (χ3n) is 3.57. The fraction of sp³-hybridized carbons (Fsp3) is 0.857. The van der Waals surface area contributed by atoms with Gasteiger partial charge in [-0.15, -0.1) is 0 Å². The SMILES string of the molecule is O=C1OCCOCCOCCOCCOC(=O)C2CCC12. The largest absolute Gasteiger partial charge is 0.463 e. The second-order valence-electron chi connectivity index (χ2n) is 4.96. The molecule has 2 fully saturated rings. The number of fused-ring (bicyclic) bond motifs is 1. The fourth-order valence-electron chi connectivity index (χ4n) is 2.22. The van der Waals surface area contributed by atoms with Crippen LogP contribution in [0.25, 0.3) is 0 Å². The highest BCUT2D eigenvalue weighted by Gasteiger charge is 2.43. The Morgan fingerprint density at radius 3 is 1.24 bits per heavy atom. The van der Waals surface area contributed by atoms with Crippen molar-refractivity contribution in [3.8, 4) is 0 Å². The molecule has 2 rings (SSSR count). The molecule has 1 saturated carbocycles. The lowest BCUT2D eigenvalue weighted by Gasteiger charge is -2.32. The number of ether oxygens (including phenoxy) is 5. The summed E-state index contributed by atoms with van der Waals surface area (Å²) in [6.07, 6.45) is 1.34. The van der Waals surface area contributed by atoms with Gasteiger partial charge in [-0.2, -0.15) is 0 Å². The normalized spacial score (nSPS) is 30.3. The van der Waals surface area contributed by atoms with Gasteiger partial charge >= 0.3 is 11.9 Å². The lowest BCUT2D eigenvalue weighted by molar-refractivity contribution is -0.168. The van der Waals surface area contributed by atoms with Crippen molar-refractivity contribution in [1.29, 1.82) is 0 Å². The van der Waals surface area contributed by atoms with Crippen LogP contribution in [0.5, 0.6) is 0 Å². The molecule has 120 valence electrons. The van der Waals surface area contributed by atoms with E-state index in [1.807, 2.05) is 0 Å². The summed E-state index contributed by atoms with van der Waals surface area (Å²) in [6.45, 7) is 2.88. The van der Waals surface area contributed by atoms with Gasteiger partial charge in [0.2, 0.25) is 0 Å². The summed E-state index contributed by atoms with van der Waals surface area (Å²) < 4.78 is 26.1. The quantitative estimate of drug-likeness (QED) is 0.590. The standard InChI is InChI=1S/C14H22O7/c15-13-11-1-2-12(11)14(16)21-10-8-19-6-4-17-3-5-18-7-9-20-13/h11-12H,1-10H2. The average molecular weight is 302 g/mol. The van der Waals surface area contributed by atoms with Gasteiger partial charge in [-0.1, -0.05) is 0 Å². The maximum absolute atomic E-state index is 11.8. The molecule has 1 aliphatic heterocycles. The Kier molecular flexibility index (Phi) is 6.91. The van der Waals surface area contributed by atoms with Crippen LogP contribution in [0.1, 0.15) is 12.8 Å². The Morgan fingerprint density at radius 2 is 0.905 bits per heavy atom. The van der Waals surface area contributed by atoms with E-state index < -0.39 is 0 Å². The first-order valence-electron chi connectivity index (χ1n) is 7.35. The van der Waals surface area contributed by atoms with Crippen molar-refractivity contribution in [1.82, 2.24) is 0 Å². The number of carbonyl (C=O) groups excluding carboxylic acids is 2. The maximum Gasteiger partial charge on any atom is 0.309 e. The van der Waals surface area contributed by atoms with Gasteiger partial charge in [0.05, 0.1) is 51.5 Å². The second kappa shape index (κ2) is 8.96. The number of rotatable bonds is 0. The Bertz CT molecular complexity index is 312. The molecule has 7 heteroatoms. The molecule has 0 N–H and O–H groups in total. The van der Waals surface area contributed by atoms with Crippen LogP contribution in [0.4, 0.5) is 0 Å². The fourth-order valence-corrected chi connectivity index (χ4v) is 2.22. The summed E-state index contributed by atoms with van der Waals surface area (Å²) in [6, 6.07) is 0. The Labute approximate surface area is 123 Å². The second-order valence-corrected chi connectivity index (χ2v) is 4.96. The van der Waals surface area contributed by atoms with Crippen LogP contribution >= 0.6 is 0 Å². The molecule has 2 unspecified atom stereocenters. The molecule has 7 nitrogen and oxygen atoms in total. The molecule has 1 heterocycles. The van der Waals surface area contributed by atoms with Gasteiger partial charge in [0, 0.05) is 0 Å². The molecule has 1 saturated heterocycles. The Hall–Kier alpha value is -1.18. The first-order chi connectivity index (χ1) is 10.3. The molecular formula is C14H22O7. The summed E-state index contributed by atoms with van der Waals surface area (Å²) in [4.78, 5) is 23.7. The lowest BCUT2D eigenvalue weighted by atomic mass is 9.73. The van der Waals surface area contributed by atoms with Crippen molar-refractivity contribution >= 4 is 11.9 Å². The van der Waals surface area contributed by atoms with Crippen LogP contribution in [0, 0.1) is 11.8 Å². The highest BCUT2D eigenvalue weighted by atomic mass is 16.6. The number of esters is 2. The van der Waals surface area contributed by atoms with Crippen molar-refractivity contribution in [2.75, 3.05) is 52.9 Å². The summed E-state index contributed by atoms with van der Waals surface area (Å²) in [7, 11) is 0. The monoisotopic (exact) mass is 302 g/mol. The molecule has 2 aliphatic rings. The topological polar surface area (TPSA) is 80.3 Å². The minimum absolute atomic E-state index is 0.195. The smallest absolute Gasteiger partial charge is 0.309 e. The zero-order chi connectivity index (χ0) is 14.9. The van der Waals surface area contributed by atoms with Gasteiger partial charge < -0.3 is 23.7 Å². The Morgan fingerprint density at radius 1 is 0.571 bits per heavy atom. The van der Waals surface area contributed by atoms with Crippen LogP contribution in [0.15, 0.2) is 0 Å². The maximum atomic E-state index is 11.8. The van der Waals surface area contributed by atoms with Crippen LogP contribution < -0.4 is 0 Å². The first-order valence-corrected chi connectivity index (χ1v) is 7.35.